The first kappa shape index (κ1) is 23.2. The number of fused-ring (bicyclic) bond motifs is 2. The Morgan fingerprint density at radius 2 is 1.97 bits per heavy atom. The second kappa shape index (κ2) is 8.77. The van der Waals surface area contributed by atoms with Gasteiger partial charge >= 0.3 is 0 Å². The molecule has 1 aliphatic rings. The van der Waals surface area contributed by atoms with Crippen LogP contribution in [0, 0.1) is 5.82 Å². The molecule has 1 N–H and O–H groups in total. The highest BCUT2D eigenvalue weighted by Gasteiger charge is 2.33. The topological polar surface area (TPSA) is 98.1 Å². The van der Waals surface area contributed by atoms with Crippen molar-refractivity contribution in [2.75, 3.05) is 37.9 Å². The number of carbonyl (C=O) groups is 1. The van der Waals surface area contributed by atoms with Gasteiger partial charge in [-0.25, -0.2) is 12.8 Å². The molecule has 0 unspecified atom stereocenters. The quantitative estimate of drug-likeness (QED) is 0.606. The third-order valence-corrected chi connectivity index (χ3v) is 6.77. The number of ether oxygens (including phenoxy) is 2. The first-order valence-corrected chi connectivity index (χ1v) is 12.2. The van der Waals surface area contributed by atoms with Crippen molar-refractivity contribution in [3.8, 4) is 11.3 Å². The molecule has 10 heteroatoms. The van der Waals surface area contributed by atoms with Gasteiger partial charge in [-0.05, 0) is 37.3 Å². The Labute approximate surface area is 191 Å². The van der Waals surface area contributed by atoms with Crippen molar-refractivity contribution in [1.29, 1.82) is 0 Å². The van der Waals surface area contributed by atoms with Crippen molar-refractivity contribution < 1.29 is 31.5 Å². The number of nitrogens with zero attached hydrogens (tertiary/aromatic N) is 1. The molecule has 2 atom stereocenters. The summed E-state index contributed by atoms with van der Waals surface area (Å²) in [6, 6.07) is 8.94. The number of amides is 1. The second-order valence-electron chi connectivity index (χ2n) is 7.95. The number of furan rings is 1. The predicted molar refractivity (Wildman–Crippen MR) is 122 cm³/mol. The van der Waals surface area contributed by atoms with E-state index in [0.29, 0.717) is 27.8 Å². The van der Waals surface area contributed by atoms with E-state index >= 15 is 0 Å². The van der Waals surface area contributed by atoms with Crippen LogP contribution in [0.25, 0.3) is 22.3 Å². The molecule has 0 aliphatic carbocycles. The van der Waals surface area contributed by atoms with Crippen LogP contribution in [0.5, 0.6) is 0 Å². The van der Waals surface area contributed by atoms with E-state index in [0.717, 1.165) is 6.26 Å². The number of nitrogens with one attached hydrogen (secondary N) is 1. The minimum absolute atomic E-state index is 0.0728. The maximum Gasteiger partial charge on any atom is 0.255 e. The Kier molecular flexibility index (Phi) is 6.17. The van der Waals surface area contributed by atoms with Crippen LogP contribution >= 0.6 is 0 Å². The van der Waals surface area contributed by atoms with Crippen LogP contribution in [0.4, 0.5) is 10.1 Å². The number of benzene rings is 2. The van der Waals surface area contributed by atoms with Gasteiger partial charge in [0.15, 0.2) is 0 Å². The Hall–Kier alpha value is -2.95. The van der Waals surface area contributed by atoms with Crippen LogP contribution in [0.15, 0.2) is 40.8 Å². The van der Waals surface area contributed by atoms with Crippen LogP contribution < -0.4 is 9.62 Å². The fraction of sp³-hybridized carbons (Fsp3) is 0.348. The van der Waals surface area contributed by atoms with Gasteiger partial charge in [0, 0.05) is 36.7 Å². The summed E-state index contributed by atoms with van der Waals surface area (Å²) >= 11 is 0. The summed E-state index contributed by atoms with van der Waals surface area (Å²) in [7, 11) is -0.622. The largest absolute Gasteiger partial charge is 0.455 e. The number of carbonyl (C=O) groups excluding carboxylic acids is 1. The van der Waals surface area contributed by atoms with Gasteiger partial charge in [0.25, 0.3) is 5.91 Å². The lowest BCUT2D eigenvalue weighted by Crippen LogP contribution is -2.38. The minimum atomic E-state index is -3.65. The maximum atomic E-state index is 13.5. The van der Waals surface area contributed by atoms with Crippen LogP contribution in [0.1, 0.15) is 28.9 Å². The normalized spacial score (nSPS) is 18.8. The number of methoxy groups -OCH3 is 1. The number of hydrogen-bond acceptors (Lipinski definition) is 6. The zero-order valence-electron chi connectivity index (χ0n) is 18.7. The third kappa shape index (κ3) is 4.33. The van der Waals surface area contributed by atoms with E-state index in [1.807, 2.05) is 6.92 Å². The molecule has 1 amide bonds. The summed E-state index contributed by atoms with van der Waals surface area (Å²) in [6.07, 6.45) is 0.174. The monoisotopic (exact) mass is 476 g/mol. The lowest BCUT2D eigenvalue weighted by Gasteiger charge is -2.24. The van der Waals surface area contributed by atoms with Crippen LogP contribution in [-0.4, -0.2) is 54.0 Å². The highest BCUT2D eigenvalue weighted by molar-refractivity contribution is 7.92. The SMILES string of the molecule is CNC(=O)c1c(-c2ccc(F)cc2)oc2cc3c(cc12)[C@H](C)O[C@H](COC)CN3S(C)(=O)=O. The maximum absolute atomic E-state index is 13.5. The van der Waals surface area contributed by atoms with Crippen molar-refractivity contribution in [3.05, 3.63) is 53.3 Å². The van der Waals surface area contributed by atoms with Gasteiger partial charge in [-0.2, -0.15) is 0 Å². The summed E-state index contributed by atoms with van der Waals surface area (Å²) in [5.74, 6) is -0.530. The third-order valence-electron chi connectivity index (χ3n) is 5.62. The molecule has 0 radical (unpaired) electrons. The number of halogens is 1. The van der Waals surface area contributed by atoms with Gasteiger partial charge in [-0.1, -0.05) is 0 Å². The van der Waals surface area contributed by atoms with E-state index in [1.54, 1.807) is 12.1 Å². The number of hydrogen-bond donors (Lipinski definition) is 1. The van der Waals surface area contributed by atoms with Gasteiger partial charge in [0.2, 0.25) is 10.0 Å². The Bertz CT molecular complexity index is 1300. The highest BCUT2D eigenvalue weighted by Crippen LogP contribution is 2.42. The van der Waals surface area contributed by atoms with E-state index in [1.165, 1.54) is 42.7 Å². The molecular weight excluding hydrogens is 451 g/mol. The molecule has 2 aromatic carbocycles. The fourth-order valence-corrected chi connectivity index (χ4v) is 5.08. The molecule has 0 spiro atoms. The Morgan fingerprint density at radius 3 is 2.58 bits per heavy atom. The van der Waals surface area contributed by atoms with Crippen molar-refractivity contribution in [3.63, 3.8) is 0 Å². The molecule has 33 heavy (non-hydrogen) atoms. The molecule has 4 rings (SSSR count). The standard InChI is InChI=1S/C23H25FN2O6S/c1-13-17-9-18-20(10-19(17)26(33(4,28)29)11-16(31-13)12-30-3)32-22(21(18)23(27)25-2)14-5-7-15(24)8-6-14/h5-10,13,16H,11-12H2,1-4H3,(H,25,27)/t13-,16-/m0/s1. The summed E-state index contributed by atoms with van der Waals surface area (Å²) in [5.41, 5.74) is 2.14. The fourth-order valence-electron chi connectivity index (χ4n) is 4.13. The molecule has 8 nitrogen and oxygen atoms in total. The zero-order chi connectivity index (χ0) is 23.9. The van der Waals surface area contributed by atoms with E-state index in [4.69, 9.17) is 13.9 Å². The molecular formula is C23H25FN2O6S. The predicted octanol–water partition coefficient (Wildman–Crippen LogP) is 3.47. The summed E-state index contributed by atoms with van der Waals surface area (Å²) in [5, 5.41) is 3.12. The molecule has 2 heterocycles. The molecule has 0 saturated heterocycles. The van der Waals surface area contributed by atoms with Crippen molar-refractivity contribution in [1.82, 2.24) is 5.32 Å². The van der Waals surface area contributed by atoms with Gasteiger partial charge in [-0.3, -0.25) is 9.10 Å². The lowest BCUT2D eigenvalue weighted by molar-refractivity contribution is -0.0331. The molecule has 3 aromatic rings. The van der Waals surface area contributed by atoms with E-state index in [-0.39, 0.29) is 30.4 Å². The van der Waals surface area contributed by atoms with Crippen molar-refractivity contribution >= 4 is 32.6 Å². The average Bonchev–Trinajstić information content (AvgIpc) is 3.07. The van der Waals surface area contributed by atoms with Crippen LogP contribution in [0.3, 0.4) is 0 Å². The number of rotatable bonds is 5. The highest BCUT2D eigenvalue weighted by atomic mass is 32.2. The van der Waals surface area contributed by atoms with Crippen molar-refractivity contribution in [2.45, 2.75) is 19.1 Å². The van der Waals surface area contributed by atoms with Gasteiger partial charge in [0.1, 0.15) is 23.3 Å². The van der Waals surface area contributed by atoms with Gasteiger partial charge in [0.05, 0.1) is 36.8 Å². The molecule has 0 saturated carbocycles. The summed E-state index contributed by atoms with van der Waals surface area (Å²) in [6.45, 7) is 2.11. The van der Waals surface area contributed by atoms with E-state index < -0.39 is 28.0 Å². The van der Waals surface area contributed by atoms with Gasteiger partial charge in [-0.15, -0.1) is 0 Å². The summed E-state index contributed by atoms with van der Waals surface area (Å²) in [4.78, 5) is 12.8. The van der Waals surface area contributed by atoms with E-state index in [9.17, 15) is 17.6 Å². The van der Waals surface area contributed by atoms with Crippen molar-refractivity contribution in [2.24, 2.45) is 0 Å². The Balaban J connectivity index is 1.98. The molecule has 0 bridgehead atoms. The Morgan fingerprint density at radius 1 is 1.27 bits per heavy atom. The average molecular weight is 477 g/mol. The molecule has 1 aromatic heterocycles. The lowest BCUT2D eigenvalue weighted by atomic mass is 10.0. The molecule has 0 fully saturated rings. The number of sulfonamides is 1. The first-order valence-electron chi connectivity index (χ1n) is 10.3. The summed E-state index contributed by atoms with van der Waals surface area (Å²) < 4.78 is 57.4. The van der Waals surface area contributed by atoms with Gasteiger partial charge < -0.3 is 19.2 Å². The number of anilines is 1. The first-order chi connectivity index (χ1) is 15.6. The zero-order valence-corrected chi connectivity index (χ0v) is 19.5. The molecule has 1 aliphatic heterocycles. The van der Waals surface area contributed by atoms with E-state index in [2.05, 4.69) is 5.32 Å². The van der Waals surface area contributed by atoms with Crippen LogP contribution in [0.2, 0.25) is 0 Å². The second-order valence-corrected chi connectivity index (χ2v) is 9.86. The molecule has 176 valence electrons. The minimum Gasteiger partial charge on any atom is -0.455 e. The smallest absolute Gasteiger partial charge is 0.255 e. The van der Waals surface area contributed by atoms with Crippen LogP contribution in [-0.2, 0) is 19.5 Å².